The Balaban J connectivity index is 1.28. The van der Waals surface area contributed by atoms with Crippen LogP contribution in [0.25, 0.3) is 17.2 Å². The molecule has 37 heavy (non-hydrogen) atoms. The molecule has 1 saturated carbocycles. The summed E-state index contributed by atoms with van der Waals surface area (Å²) in [6.45, 7) is 1.75. The molecule has 0 saturated heterocycles. The molecule has 4 heterocycles. The number of imidazole rings is 2. The Morgan fingerprint density at radius 3 is 2.70 bits per heavy atom. The van der Waals surface area contributed by atoms with Gasteiger partial charge in [0.05, 0.1) is 23.3 Å². The molecule has 0 radical (unpaired) electrons. The summed E-state index contributed by atoms with van der Waals surface area (Å²) in [6.07, 6.45) is 2.94. The zero-order valence-corrected chi connectivity index (χ0v) is 19.8. The third-order valence-corrected chi connectivity index (χ3v) is 6.86. The molecule has 0 bridgehead atoms. The van der Waals surface area contributed by atoms with E-state index in [0.717, 1.165) is 23.1 Å². The number of rotatable bonds is 5. The monoisotopic (exact) mass is 510 g/mol. The highest BCUT2D eigenvalue weighted by Crippen LogP contribution is 2.42. The predicted octanol–water partition coefficient (Wildman–Crippen LogP) is 5.76. The van der Waals surface area contributed by atoms with Gasteiger partial charge in [-0.05, 0) is 62.4 Å². The molecule has 4 aromatic rings. The SMILES string of the molecule is Cc1cc(F)c(C(=O)Nc2cccc(-c3ncc4n3[C@H](C(F)(F)F)CC4)n2)cc1-n1cnc(C2CC2)c1. The summed E-state index contributed by atoms with van der Waals surface area (Å²) in [5, 5.41) is 2.57. The maximum atomic E-state index is 14.8. The van der Waals surface area contributed by atoms with Gasteiger partial charge in [-0.25, -0.2) is 19.3 Å². The molecule has 1 atom stereocenters. The summed E-state index contributed by atoms with van der Waals surface area (Å²) >= 11 is 0. The number of alkyl halides is 3. The van der Waals surface area contributed by atoms with Gasteiger partial charge in [0.2, 0.25) is 0 Å². The van der Waals surface area contributed by atoms with Gasteiger partial charge in [0.15, 0.2) is 5.82 Å². The van der Waals surface area contributed by atoms with Crippen LogP contribution in [0.4, 0.5) is 23.4 Å². The molecule has 190 valence electrons. The lowest BCUT2D eigenvalue weighted by Crippen LogP contribution is -2.24. The fourth-order valence-electron chi connectivity index (χ4n) is 4.83. The number of nitrogens with zero attached hydrogens (tertiary/aromatic N) is 5. The number of aromatic nitrogens is 5. The summed E-state index contributed by atoms with van der Waals surface area (Å²) < 4.78 is 58.4. The second-order valence-corrected chi connectivity index (χ2v) is 9.50. The van der Waals surface area contributed by atoms with E-state index in [9.17, 15) is 22.4 Å². The number of nitrogens with one attached hydrogen (secondary N) is 1. The number of pyridine rings is 1. The summed E-state index contributed by atoms with van der Waals surface area (Å²) in [5.41, 5.74) is 2.70. The van der Waals surface area contributed by atoms with Crippen LogP contribution in [-0.2, 0) is 6.42 Å². The number of benzene rings is 1. The first-order valence-corrected chi connectivity index (χ1v) is 11.9. The van der Waals surface area contributed by atoms with Gasteiger partial charge < -0.3 is 14.5 Å². The van der Waals surface area contributed by atoms with Crippen molar-refractivity contribution in [3.8, 4) is 17.2 Å². The average molecular weight is 510 g/mol. The maximum Gasteiger partial charge on any atom is 0.409 e. The van der Waals surface area contributed by atoms with Crippen LogP contribution in [0, 0.1) is 12.7 Å². The first-order chi connectivity index (χ1) is 17.7. The number of halogens is 4. The quantitative estimate of drug-likeness (QED) is 0.347. The molecule has 1 fully saturated rings. The molecule has 7 nitrogen and oxygen atoms in total. The number of aryl methyl sites for hydroxylation is 2. The summed E-state index contributed by atoms with van der Waals surface area (Å²) in [4.78, 5) is 25.9. The second kappa shape index (κ2) is 8.53. The van der Waals surface area contributed by atoms with Crippen LogP contribution in [0.5, 0.6) is 0 Å². The molecule has 1 amide bonds. The minimum absolute atomic E-state index is 0.0567. The summed E-state index contributed by atoms with van der Waals surface area (Å²) in [6, 6.07) is 5.63. The van der Waals surface area contributed by atoms with Crippen LogP contribution in [-0.4, -0.2) is 36.2 Å². The van der Waals surface area contributed by atoms with E-state index in [1.54, 1.807) is 23.9 Å². The van der Waals surface area contributed by atoms with E-state index in [-0.39, 0.29) is 35.7 Å². The van der Waals surface area contributed by atoms with Crippen LogP contribution in [0.1, 0.15) is 58.5 Å². The molecular formula is C26H22F4N6O. The van der Waals surface area contributed by atoms with E-state index in [1.165, 1.54) is 30.5 Å². The largest absolute Gasteiger partial charge is 0.409 e. The van der Waals surface area contributed by atoms with Crippen molar-refractivity contribution in [2.24, 2.45) is 0 Å². The molecule has 6 rings (SSSR count). The van der Waals surface area contributed by atoms with Crippen molar-refractivity contribution in [1.82, 2.24) is 24.1 Å². The summed E-state index contributed by atoms with van der Waals surface area (Å²) in [7, 11) is 0. The number of fused-ring (bicyclic) bond motifs is 1. The predicted molar refractivity (Wildman–Crippen MR) is 127 cm³/mol. The molecule has 11 heteroatoms. The molecule has 1 aliphatic heterocycles. The number of hydrogen-bond acceptors (Lipinski definition) is 4. The Labute approximate surface area is 209 Å². The van der Waals surface area contributed by atoms with Crippen LogP contribution in [0.3, 0.4) is 0 Å². The van der Waals surface area contributed by atoms with E-state index < -0.39 is 23.9 Å². The van der Waals surface area contributed by atoms with E-state index in [1.807, 2.05) is 6.20 Å². The topological polar surface area (TPSA) is 77.6 Å². The van der Waals surface area contributed by atoms with Gasteiger partial charge in [0, 0.05) is 24.0 Å². The third-order valence-electron chi connectivity index (χ3n) is 6.86. The van der Waals surface area contributed by atoms with Gasteiger partial charge in [0.25, 0.3) is 5.91 Å². The average Bonchev–Trinajstić information content (AvgIpc) is 3.23. The zero-order chi connectivity index (χ0) is 25.9. The maximum absolute atomic E-state index is 14.8. The lowest BCUT2D eigenvalue weighted by Gasteiger charge is -2.19. The van der Waals surface area contributed by atoms with E-state index in [4.69, 9.17) is 0 Å². The van der Waals surface area contributed by atoms with Gasteiger partial charge in [0.1, 0.15) is 23.4 Å². The minimum atomic E-state index is -4.41. The van der Waals surface area contributed by atoms with Crippen molar-refractivity contribution < 1.29 is 22.4 Å². The fraction of sp³-hybridized carbons (Fsp3) is 0.308. The lowest BCUT2D eigenvalue weighted by molar-refractivity contribution is -0.165. The Kier molecular flexibility index (Phi) is 5.39. The van der Waals surface area contributed by atoms with Crippen molar-refractivity contribution in [2.45, 2.75) is 50.7 Å². The molecule has 2 aliphatic rings. The standard InChI is InChI=1S/C26H22F4N6O/c1-14-9-18(27)17(10-21(14)35-12-20(32-13-35)15-5-6-15)25(37)34-23-4-2-3-19(33-23)24-31-11-16-7-8-22(36(16)24)26(28,29)30/h2-4,9-13,15,22H,5-8H2,1H3,(H,33,34,37)/t22-/m0/s1. The molecule has 0 unspecified atom stereocenters. The van der Waals surface area contributed by atoms with Gasteiger partial charge in [-0.1, -0.05) is 6.07 Å². The molecule has 1 aliphatic carbocycles. The first-order valence-electron chi connectivity index (χ1n) is 11.9. The number of amides is 1. The smallest absolute Gasteiger partial charge is 0.315 e. The molecule has 1 N–H and O–H groups in total. The van der Waals surface area contributed by atoms with Crippen molar-refractivity contribution in [2.75, 3.05) is 5.32 Å². The normalized spacial score (nSPS) is 17.2. The van der Waals surface area contributed by atoms with Crippen molar-refractivity contribution in [1.29, 1.82) is 0 Å². The number of hydrogen-bond donors (Lipinski definition) is 1. The van der Waals surface area contributed by atoms with Crippen LogP contribution in [0.15, 0.2) is 49.1 Å². The Morgan fingerprint density at radius 2 is 1.95 bits per heavy atom. The number of anilines is 1. The molecule has 1 aromatic carbocycles. The summed E-state index contributed by atoms with van der Waals surface area (Å²) in [5.74, 6) is -0.835. The Hall–Kier alpha value is -4.02. The number of carbonyl (C=O) groups excluding carboxylic acids is 1. The zero-order valence-electron chi connectivity index (χ0n) is 19.8. The van der Waals surface area contributed by atoms with Crippen molar-refractivity contribution in [3.05, 3.63) is 77.4 Å². The highest BCUT2D eigenvalue weighted by atomic mass is 19.4. The van der Waals surface area contributed by atoms with Crippen molar-refractivity contribution in [3.63, 3.8) is 0 Å². The van der Waals surface area contributed by atoms with Gasteiger partial charge in [-0.3, -0.25) is 4.79 Å². The first kappa shape index (κ1) is 23.4. The van der Waals surface area contributed by atoms with Gasteiger partial charge in [-0.2, -0.15) is 13.2 Å². The molecular weight excluding hydrogens is 488 g/mol. The second-order valence-electron chi connectivity index (χ2n) is 9.50. The number of carbonyl (C=O) groups is 1. The highest BCUT2D eigenvalue weighted by molar-refractivity contribution is 6.04. The lowest BCUT2D eigenvalue weighted by atomic mass is 10.1. The van der Waals surface area contributed by atoms with Crippen LogP contribution < -0.4 is 5.32 Å². The minimum Gasteiger partial charge on any atom is -0.315 e. The van der Waals surface area contributed by atoms with Crippen LogP contribution >= 0.6 is 0 Å². The fourth-order valence-corrected chi connectivity index (χ4v) is 4.83. The van der Waals surface area contributed by atoms with Crippen molar-refractivity contribution >= 4 is 11.7 Å². The third kappa shape index (κ3) is 4.28. The van der Waals surface area contributed by atoms with E-state index >= 15 is 0 Å². The highest BCUT2D eigenvalue weighted by Gasteiger charge is 2.45. The van der Waals surface area contributed by atoms with E-state index in [0.29, 0.717) is 22.9 Å². The Morgan fingerprint density at radius 1 is 1.14 bits per heavy atom. The van der Waals surface area contributed by atoms with Gasteiger partial charge >= 0.3 is 6.18 Å². The van der Waals surface area contributed by atoms with E-state index in [2.05, 4.69) is 20.3 Å². The van der Waals surface area contributed by atoms with Crippen LogP contribution in [0.2, 0.25) is 0 Å². The van der Waals surface area contributed by atoms with Gasteiger partial charge in [-0.15, -0.1) is 0 Å². The molecule has 3 aromatic heterocycles. The Bertz CT molecular complexity index is 1520. The molecule has 0 spiro atoms.